The molecule has 1 aliphatic carbocycles. The zero-order valence-corrected chi connectivity index (χ0v) is 11.5. The Morgan fingerprint density at radius 2 is 1.90 bits per heavy atom. The Labute approximate surface area is 118 Å². The average Bonchev–Trinajstić information content (AvgIpc) is 2.67. The van der Waals surface area contributed by atoms with Crippen molar-refractivity contribution in [2.24, 2.45) is 5.92 Å². The normalized spacial score (nSPS) is 16.4. The average molecular weight is 276 g/mol. The van der Waals surface area contributed by atoms with Crippen molar-refractivity contribution in [3.63, 3.8) is 0 Å². The Balaban J connectivity index is 1.90. The molecule has 0 radical (unpaired) electrons. The third-order valence-corrected chi connectivity index (χ3v) is 3.72. The Morgan fingerprint density at radius 1 is 1.20 bits per heavy atom. The predicted molar refractivity (Wildman–Crippen MR) is 75.6 cm³/mol. The number of carbonyl (C=O) groups excluding carboxylic acids is 1. The van der Waals surface area contributed by atoms with Crippen molar-refractivity contribution in [2.45, 2.75) is 44.9 Å². The van der Waals surface area contributed by atoms with E-state index in [2.05, 4.69) is 10.3 Å². The van der Waals surface area contributed by atoms with Crippen LogP contribution in [0.1, 0.15) is 55.3 Å². The summed E-state index contributed by atoms with van der Waals surface area (Å²) in [7, 11) is 0. The maximum absolute atomic E-state index is 12.0. The molecule has 5 nitrogen and oxygen atoms in total. The van der Waals surface area contributed by atoms with Gasteiger partial charge >= 0.3 is 5.97 Å². The standard InChI is InChI=1S/C15H20N2O3/c18-14(7-11-5-3-1-2-4-6-11)17-13-8-12(15(19)20)9-16-10-13/h8-11H,1-7H2,(H,17,18)(H,19,20). The molecule has 0 aliphatic heterocycles. The molecule has 108 valence electrons. The van der Waals surface area contributed by atoms with Crippen molar-refractivity contribution in [2.75, 3.05) is 5.32 Å². The van der Waals surface area contributed by atoms with Crippen LogP contribution in [0.4, 0.5) is 5.69 Å². The van der Waals surface area contributed by atoms with E-state index < -0.39 is 5.97 Å². The number of amides is 1. The number of aromatic carboxylic acids is 1. The van der Waals surface area contributed by atoms with Crippen LogP contribution in [-0.2, 0) is 4.79 Å². The van der Waals surface area contributed by atoms with Gasteiger partial charge < -0.3 is 10.4 Å². The van der Waals surface area contributed by atoms with Gasteiger partial charge in [0, 0.05) is 12.6 Å². The fraction of sp³-hybridized carbons (Fsp3) is 0.533. The largest absolute Gasteiger partial charge is 0.478 e. The highest BCUT2D eigenvalue weighted by atomic mass is 16.4. The number of carboxylic acids is 1. The first-order valence-corrected chi connectivity index (χ1v) is 7.13. The minimum atomic E-state index is -1.04. The first-order valence-electron chi connectivity index (χ1n) is 7.13. The number of carbonyl (C=O) groups is 2. The Kier molecular flexibility index (Phi) is 5.09. The summed E-state index contributed by atoms with van der Waals surface area (Å²) >= 11 is 0. The second-order valence-electron chi connectivity index (χ2n) is 5.38. The van der Waals surface area contributed by atoms with Gasteiger partial charge in [0.25, 0.3) is 0 Å². The highest BCUT2D eigenvalue weighted by Gasteiger charge is 2.16. The second kappa shape index (κ2) is 7.03. The fourth-order valence-corrected chi connectivity index (χ4v) is 2.67. The van der Waals surface area contributed by atoms with Crippen molar-refractivity contribution in [1.29, 1.82) is 0 Å². The monoisotopic (exact) mass is 276 g/mol. The summed E-state index contributed by atoms with van der Waals surface area (Å²) in [6, 6.07) is 1.43. The molecule has 0 unspecified atom stereocenters. The maximum Gasteiger partial charge on any atom is 0.337 e. The van der Waals surface area contributed by atoms with Gasteiger partial charge in [-0.25, -0.2) is 4.79 Å². The van der Waals surface area contributed by atoms with Gasteiger partial charge in [-0.05, 0) is 24.8 Å². The number of anilines is 1. The second-order valence-corrected chi connectivity index (χ2v) is 5.38. The Bertz CT molecular complexity index is 480. The number of carboxylic acid groups (broad SMARTS) is 1. The fourth-order valence-electron chi connectivity index (χ4n) is 2.67. The summed E-state index contributed by atoms with van der Waals surface area (Å²) in [6.07, 6.45) is 10.4. The van der Waals surface area contributed by atoms with Crippen LogP contribution < -0.4 is 5.32 Å². The van der Waals surface area contributed by atoms with E-state index >= 15 is 0 Å². The molecule has 1 aromatic rings. The van der Waals surface area contributed by atoms with Gasteiger partial charge in [-0.2, -0.15) is 0 Å². The van der Waals surface area contributed by atoms with Crippen LogP contribution in [0, 0.1) is 5.92 Å². The third-order valence-electron chi connectivity index (χ3n) is 3.72. The number of nitrogens with zero attached hydrogens (tertiary/aromatic N) is 1. The van der Waals surface area contributed by atoms with Crippen molar-refractivity contribution in [1.82, 2.24) is 4.98 Å². The lowest BCUT2D eigenvalue weighted by Gasteiger charge is -2.13. The molecule has 1 heterocycles. The molecular weight excluding hydrogens is 256 g/mol. The van der Waals surface area contributed by atoms with Crippen molar-refractivity contribution < 1.29 is 14.7 Å². The lowest BCUT2D eigenvalue weighted by Crippen LogP contribution is -2.16. The summed E-state index contributed by atoms with van der Waals surface area (Å²) in [5, 5.41) is 11.6. The summed E-state index contributed by atoms with van der Waals surface area (Å²) in [5.74, 6) is -0.647. The van der Waals surface area contributed by atoms with Crippen LogP contribution in [-0.4, -0.2) is 22.0 Å². The lowest BCUT2D eigenvalue weighted by atomic mass is 9.96. The van der Waals surface area contributed by atoms with E-state index in [-0.39, 0.29) is 11.5 Å². The minimum absolute atomic E-state index is 0.0544. The van der Waals surface area contributed by atoms with Crippen molar-refractivity contribution in [3.8, 4) is 0 Å². The zero-order valence-electron chi connectivity index (χ0n) is 11.5. The molecule has 0 bridgehead atoms. The molecule has 0 aromatic carbocycles. The van der Waals surface area contributed by atoms with Crippen molar-refractivity contribution >= 4 is 17.6 Å². The highest BCUT2D eigenvalue weighted by molar-refractivity contribution is 5.93. The first-order chi connectivity index (χ1) is 9.65. The molecule has 0 atom stereocenters. The molecule has 20 heavy (non-hydrogen) atoms. The van der Waals surface area contributed by atoms with Gasteiger partial charge in [-0.1, -0.05) is 25.7 Å². The zero-order chi connectivity index (χ0) is 14.4. The van der Waals surface area contributed by atoms with E-state index in [0.29, 0.717) is 18.0 Å². The van der Waals surface area contributed by atoms with Gasteiger partial charge in [-0.3, -0.25) is 9.78 Å². The Hall–Kier alpha value is -1.91. The highest BCUT2D eigenvalue weighted by Crippen LogP contribution is 2.25. The number of hydrogen-bond acceptors (Lipinski definition) is 3. The first kappa shape index (κ1) is 14.5. The maximum atomic E-state index is 12.0. The lowest BCUT2D eigenvalue weighted by molar-refractivity contribution is -0.117. The molecule has 5 heteroatoms. The van der Waals surface area contributed by atoms with Crippen LogP contribution in [0.15, 0.2) is 18.5 Å². The van der Waals surface area contributed by atoms with Gasteiger partial charge in [0.2, 0.25) is 5.91 Å². The topological polar surface area (TPSA) is 79.3 Å². The summed E-state index contributed by atoms with van der Waals surface area (Å²) < 4.78 is 0. The minimum Gasteiger partial charge on any atom is -0.478 e. The summed E-state index contributed by atoms with van der Waals surface area (Å²) in [5.41, 5.74) is 0.529. The van der Waals surface area contributed by atoms with Gasteiger partial charge in [0.15, 0.2) is 0 Å². The number of aromatic nitrogens is 1. The van der Waals surface area contributed by atoms with Gasteiger partial charge in [0.05, 0.1) is 17.4 Å². The van der Waals surface area contributed by atoms with E-state index in [1.807, 2.05) is 0 Å². The van der Waals surface area contributed by atoms with E-state index in [1.165, 1.54) is 44.1 Å². The van der Waals surface area contributed by atoms with Crippen LogP contribution >= 0.6 is 0 Å². The van der Waals surface area contributed by atoms with Gasteiger partial charge in [-0.15, -0.1) is 0 Å². The molecule has 2 N–H and O–H groups in total. The quantitative estimate of drug-likeness (QED) is 0.828. The van der Waals surface area contributed by atoms with E-state index in [0.717, 1.165) is 12.8 Å². The van der Waals surface area contributed by atoms with E-state index in [9.17, 15) is 9.59 Å². The molecule has 1 saturated carbocycles. The van der Waals surface area contributed by atoms with Crippen LogP contribution in [0.25, 0.3) is 0 Å². The molecule has 1 amide bonds. The number of pyridine rings is 1. The molecule has 1 aromatic heterocycles. The summed E-state index contributed by atoms with van der Waals surface area (Å²) in [4.78, 5) is 26.7. The summed E-state index contributed by atoms with van der Waals surface area (Å²) in [6.45, 7) is 0. The SMILES string of the molecule is O=C(CC1CCCCCC1)Nc1cncc(C(=O)O)c1. The molecule has 1 fully saturated rings. The molecule has 0 spiro atoms. The molecule has 0 saturated heterocycles. The van der Waals surface area contributed by atoms with Crippen LogP contribution in [0.3, 0.4) is 0 Å². The Morgan fingerprint density at radius 3 is 2.55 bits per heavy atom. The number of hydrogen-bond donors (Lipinski definition) is 2. The van der Waals surface area contributed by atoms with Crippen LogP contribution in [0.2, 0.25) is 0 Å². The van der Waals surface area contributed by atoms with Gasteiger partial charge in [0.1, 0.15) is 0 Å². The number of nitrogens with one attached hydrogen (secondary N) is 1. The van der Waals surface area contributed by atoms with E-state index in [4.69, 9.17) is 5.11 Å². The molecule has 2 rings (SSSR count). The molecular formula is C15H20N2O3. The number of rotatable bonds is 4. The predicted octanol–water partition coefficient (Wildman–Crippen LogP) is 3.08. The third kappa shape index (κ3) is 4.33. The molecule has 1 aliphatic rings. The van der Waals surface area contributed by atoms with E-state index in [1.54, 1.807) is 0 Å². The smallest absolute Gasteiger partial charge is 0.337 e. The van der Waals surface area contributed by atoms with Crippen LogP contribution in [0.5, 0.6) is 0 Å². The van der Waals surface area contributed by atoms with Crippen molar-refractivity contribution in [3.05, 3.63) is 24.0 Å².